The number of amides is 1. The van der Waals surface area contributed by atoms with E-state index in [1.807, 2.05) is 44.6 Å². The highest BCUT2D eigenvalue weighted by Gasteiger charge is 2.22. The maximum atomic E-state index is 13.3. The second-order valence-electron chi connectivity index (χ2n) is 6.30. The van der Waals surface area contributed by atoms with Gasteiger partial charge in [-0.1, -0.05) is 23.5 Å². The van der Waals surface area contributed by atoms with Crippen molar-refractivity contribution in [2.24, 2.45) is 0 Å². The van der Waals surface area contributed by atoms with Crippen LogP contribution >= 0.6 is 35.5 Å². The number of methoxy groups -OCH3 is 1. The Morgan fingerprint density at radius 1 is 1.18 bits per heavy atom. The predicted octanol–water partition coefficient (Wildman–Crippen LogP) is 4.66. The molecule has 0 aliphatic carbocycles. The number of rotatable bonds is 7. The average molecular weight is 438 g/mol. The molecule has 3 aromatic rings. The number of halogens is 1. The lowest BCUT2D eigenvalue weighted by molar-refractivity contribution is 0.0985. The first-order valence-corrected chi connectivity index (χ1v) is 10.6. The minimum absolute atomic E-state index is 0. The molecule has 0 saturated heterocycles. The summed E-state index contributed by atoms with van der Waals surface area (Å²) in [6, 6.07) is 13.4. The molecule has 1 aromatic heterocycles. The molecule has 0 fully saturated rings. The third-order valence-electron chi connectivity index (χ3n) is 4.15. The summed E-state index contributed by atoms with van der Waals surface area (Å²) < 4.78 is 6.36. The monoisotopic (exact) mass is 437 g/mol. The highest BCUT2D eigenvalue weighted by atomic mass is 35.5. The Balaban J connectivity index is 0.00000280. The molecule has 0 N–H and O–H groups in total. The molecule has 0 atom stereocenters. The van der Waals surface area contributed by atoms with Crippen LogP contribution in [0.4, 0.5) is 5.13 Å². The number of para-hydroxylation sites is 1. The van der Waals surface area contributed by atoms with Crippen molar-refractivity contribution in [2.45, 2.75) is 4.90 Å². The Kier molecular flexibility index (Phi) is 8.12. The first-order chi connectivity index (χ1) is 13.0. The van der Waals surface area contributed by atoms with Crippen LogP contribution in [-0.2, 0) is 0 Å². The van der Waals surface area contributed by atoms with Crippen molar-refractivity contribution < 1.29 is 9.53 Å². The number of nitrogens with zero attached hydrogens (tertiary/aromatic N) is 3. The van der Waals surface area contributed by atoms with Crippen molar-refractivity contribution in [2.75, 3.05) is 45.5 Å². The number of thiazole rings is 1. The molecule has 150 valence electrons. The molecule has 2 aromatic carbocycles. The minimum Gasteiger partial charge on any atom is -0.497 e. The van der Waals surface area contributed by atoms with Crippen LogP contribution in [0, 0.1) is 0 Å². The highest BCUT2D eigenvalue weighted by molar-refractivity contribution is 7.98. The second-order valence-corrected chi connectivity index (χ2v) is 8.15. The molecule has 8 heteroatoms. The fourth-order valence-electron chi connectivity index (χ4n) is 2.69. The standard InChI is InChI=1S/C20H23N3O2S2.ClH/c1-22(2)11-12-23(19(24)14-7-5-8-15(13-14)25-3)20-21-18-16(26-4)9-6-10-17(18)27-20;/h5-10,13H,11-12H2,1-4H3;1H. The summed E-state index contributed by atoms with van der Waals surface area (Å²) in [6.07, 6.45) is 2.04. The SMILES string of the molecule is COc1cccc(C(=O)N(CCN(C)C)c2nc3c(SC)cccc3s2)c1.Cl. The van der Waals surface area contributed by atoms with Gasteiger partial charge in [0.15, 0.2) is 5.13 Å². The molecule has 5 nitrogen and oxygen atoms in total. The first kappa shape index (κ1) is 22.5. The minimum atomic E-state index is -0.0690. The molecule has 1 amide bonds. The third kappa shape index (κ3) is 4.97. The van der Waals surface area contributed by atoms with Gasteiger partial charge in [-0.15, -0.1) is 24.2 Å². The van der Waals surface area contributed by atoms with E-state index in [4.69, 9.17) is 9.72 Å². The lowest BCUT2D eigenvalue weighted by atomic mass is 10.2. The summed E-state index contributed by atoms with van der Waals surface area (Å²) in [7, 11) is 5.60. The van der Waals surface area contributed by atoms with Crippen LogP contribution in [0.25, 0.3) is 10.2 Å². The maximum Gasteiger partial charge on any atom is 0.260 e. The molecule has 0 aliphatic rings. The molecule has 3 rings (SSSR count). The number of thioether (sulfide) groups is 1. The van der Waals surface area contributed by atoms with E-state index in [-0.39, 0.29) is 18.3 Å². The van der Waals surface area contributed by atoms with E-state index < -0.39 is 0 Å². The molecule has 0 unspecified atom stereocenters. The van der Waals surface area contributed by atoms with Gasteiger partial charge in [0, 0.05) is 23.5 Å². The second kappa shape index (κ2) is 10.1. The van der Waals surface area contributed by atoms with Crippen molar-refractivity contribution >= 4 is 56.8 Å². The summed E-state index contributed by atoms with van der Waals surface area (Å²) in [6.45, 7) is 1.32. The van der Waals surface area contributed by atoms with E-state index in [2.05, 4.69) is 17.0 Å². The Bertz CT molecular complexity index is 946. The molecular formula is C20H24ClN3O2S2. The van der Waals surface area contributed by atoms with Gasteiger partial charge in [0.05, 0.1) is 17.3 Å². The van der Waals surface area contributed by atoms with Gasteiger partial charge < -0.3 is 9.64 Å². The van der Waals surface area contributed by atoms with E-state index >= 15 is 0 Å². The highest BCUT2D eigenvalue weighted by Crippen LogP contribution is 2.34. The Morgan fingerprint density at radius 2 is 1.93 bits per heavy atom. The van der Waals surface area contributed by atoms with Gasteiger partial charge in [-0.25, -0.2) is 4.98 Å². The number of carbonyl (C=O) groups excluding carboxylic acids is 1. The van der Waals surface area contributed by atoms with Crippen LogP contribution in [0.15, 0.2) is 47.4 Å². The molecule has 28 heavy (non-hydrogen) atoms. The molecule has 0 spiro atoms. The fraction of sp³-hybridized carbons (Fsp3) is 0.300. The van der Waals surface area contributed by atoms with Gasteiger partial charge in [0.2, 0.25) is 0 Å². The van der Waals surface area contributed by atoms with Crippen molar-refractivity contribution in [3.8, 4) is 5.75 Å². The van der Waals surface area contributed by atoms with Crippen molar-refractivity contribution in [1.82, 2.24) is 9.88 Å². The van der Waals surface area contributed by atoms with Crippen LogP contribution in [0.2, 0.25) is 0 Å². The van der Waals surface area contributed by atoms with Crippen LogP contribution in [0.5, 0.6) is 5.75 Å². The van der Waals surface area contributed by atoms with E-state index in [9.17, 15) is 4.79 Å². The number of hydrogen-bond donors (Lipinski definition) is 0. The van der Waals surface area contributed by atoms with Crippen molar-refractivity contribution in [3.63, 3.8) is 0 Å². The average Bonchev–Trinajstić information content (AvgIpc) is 3.11. The number of hydrogen-bond acceptors (Lipinski definition) is 6. The van der Waals surface area contributed by atoms with E-state index in [0.717, 1.165) is 26.8 Å². The van der Waals surface area contributed by atoms with E-state index in [1.165, 1.54) is 0 Å². The zero-order valence-electron chi connectivity index (χ0n) is 16.3. The van der Waals surface area contributed by atoms with Gasteiger partial charge in [0.1, 0.15) is 5.75 Å². The number of benzene rings is 2. The summed E-state index contributed by atoms with van der Waals surface area (Å²) in [5.74, 6) is 0.600. The van der Waals surface area contributed by atoms with Crippen molar-refractivity contribution in [1.29, 1.82) is 0 Å². The summed E-state index contributed by atoms with van der Waals surface area (Å²) in [5.41, 5.74) is 1.55. The van der Waals surface area contributed by atoms with Crippen LogP contribution in [-0.4, -0.2) is 56.3 Å². The summed E-state index contributed by atoms with van der Waals surface area (Å²) >= 11 is 3.22. The number of carbonyl (C=O) groups is 1. The zero-order valence-corrected chi connectivity index (χ0v) is 18.8. The third-order valence-corrected chi connectivity index (χ3v) is 5.97. The van der Waals surface area contributed by atoms with Gasteiger partial charge in [-0.3, -0.25) is 9.69 Å². The van der Waals surface area contributed by atoms with Gasteiger partial charge >= 0.3 is 0 Å². The fourth-order valence-corrected chi connectivity index (χ4v) is 4.33. The Labute approximate surface area is 180 Å². The Hall–Kier alpha value is -1.80. The summed E-state index contributed by atoms with van der Waals surface area (Å²) in [4.78, 5) is 23.0. The van der Waals surface area contributed by atoms with Gasteiger partial charge in [0.25, 0.3) is 5.91 Å². The van der Waals surface area contributed by atoms with Crippen LogP contribution in [0.3, 0.4) is 0 Å². The molecule has 1 heterocycles. The Morgan fingerprint density at radius 3 is 2.61 bits per heavy atom. The van der Waals surface area contributed by atoms with E-state index in [1.54, 1.807) is 41.2 Å². The summed E-state index contributed by atoms with van der Waals surface area (Å²) in [5, 5.41) is 0.723. The quantitative estimate of drug-likeness (QED) is 0.503. The number of aromatic nitrogens is 1. The smallest absolute Gasteiger partial charge is 0.260 e. The van der Waals surface area contributed by atoms with Crippen molar-refractivity contribution in [3.05, 3.63) is 48.0 Å². The molecule has 0 radical (unpaired) electrons. The molecule has 0 bridgehead atoms. The van der Waals surface area contributed by atoms with Crippen LogP contribution in [0.1, 0.15) is 10.4 Å². The number of likely N-dealkylation sites (N-methyl/N-ethyl adjacent to an activating group) is 1. The van der Waals surface area contributed by atoms with Gasteiger partial charge in [-0.2, -0.15) is 0 Å². The van der Waals surface area contributed by atoms with Crippen LogP contribution < -0.4 is 9.64 Å². The first-order valence-electron chi connectivity index (χ1n) is 8.57. The largest absolute Gasteiger partial charge is 0.497 e. The molecular weight excluding hydrogens is 414 g/mol. The zero-order chi connectivity index (χ0) is 19.4. The topological polar surface area (TPSA) is 45.7 Å². The normalized spacial score (nSPS) is 10.8. The molecule has 0 saturated carbocycles. The lowest BCUT2D eigenvalue weighted by Gasteiger charge is -2.22. The van der Waals surface area contributed by atoms with Gasteiger partial charge in [-0.05, 0) is 50.7 Å². The number of fused-ring (bicyclic) bond motifs is 1. The predicted molar refractivity (Wildman–Crippen MR) is 122 cm³/mol. The lowest BCUT2D eigenvalue weighted by Crippen LogP contribution is -2.36. The maximum absolute atomic E-state index is 13.3. The number of anilines is 1. The van der Waals surface area contributed by atoms with E-state index in [0.29, 0.717) is 17.9 Å². The molecule has 0 aliphatic heterocycles. The number of ether oxygens (including phenoxy) is 1.